The number of H-pyrrole nitrogens is 1. The monoisotopic (exact) mass is 380 g/mol. The number of nitrogens with one attached hydrogen (secondary N) is 1. The molecule has 138 valence electrons. The van der Waals surface area contributed by atoms with E-state index >= 15 is 0 Å². The van der Waals surface area contributed by atoms with E-state index < -0.39 is 0 Å². The van der Waals surface area contributed by atoms with Crippen molar-refractivity contribution < 1.29 is 0 Å². The Kier molecular flexibility index (Phi) is 4.49. The Hall–Kier alpha value is -3.00. The standard InChI is InChI=1S/C19H20N6OS/c1-4-9-25-16(26)8-6-13-17(22-23-18(13)25)14-11-21-19(27-14)12-5-7-15(20-10-12)24(2)3/h5-8,10-11H,4,9H2,1-3H3,(H,22,23). The second-order valence-electron chi connectivity index (χ2n) is 6.49. The van der Waals surface area contributed by atoms with Gasteiger partial charge in [0.25, 0.3) is 5.56 Å². The lowest BCUT2D eigenvalue weighted by molar-refractivity contribution is 0.671. The molecule has 27 heavy (non-hydrogen) atoms. The van der Waals surface area contributed by atoms with Gasteiger partial charge in [0.15, 0.2) is 5.65 Å². The Balaban J connectivity index is 1.73. The number of hydrogen-bond donors (Lipinski definition) is 1. The summed E-state index contributed by atoms with van der Waals surface area (Å²) in [6.45, 7) is 2.70. The number of hydrogen-bond acceptors (Lipinski definition) is 6. The van der Waals surface area contributed by atoms with Crippen molar-refractivity contribution in [3.8, 4) is 21.1 Å². The first-order valence-corrected chi connectivity index (χ1v) is 9.58. The minimum atomic E-state index is -0.0283. The first-order chi connectivity index (χ1) is 13.1. The van der Waals surface area contributed by atoms with E-state index in [1.54, 1.807) is 22.0 Å². The van der Waals surface area contributed by atoms with Crippen LogP contribution in [0.2, 0.25) is 0 Å². The van der Waals surface area contributed by atoms with Crippen LogP contribution in [-0.2, 0) is 6.54 Å². The molecule has 0 aliphatic carbocycles. The molecular formula is C19H20N6OS. The molecule has 4 rings (SSSR count). The smallest absolute Gasteiger partial charge is 0.252 e. The van der Waals surface area contributed by atoms with Crippen LogP contribution in [-0.4, -0.2) is 38.8 Å². The number of thiazole rings is 1. The first-order valence-electron chi connectivity index (χ1n) is 8.76. The van der Waals surface area contributed by atoms with Gasteiger partial charge in [-0.05, 0) is 24.6 Å². The van der Waals surface area contributed by atoms with Gasteiger partial charge in [0.05, 0.1) is 10.6 Å². The van der Waals surface area contributed by atoms with Gasteiger partial charge < -0.3 is 4.90 Å². The normalized spacial score (nSPS) is 11.2. The summed E-state index contributed by atoms with van der Waals surface area (Å²) in [6.07, 6.45) is 4.55. The molecule has 7 nitrogen and oxygen atoms in total. The predicted octanol–water partition coefficient (Wildman–Crippen LogP) is 3.39. The molecule has 0 saturated heterocycles. The van der Waals surface area contributed by atoms with Crippen molar-refractivity contribution in [1.82, 2.24) is 24.7 Å². The van der Waals surface area contributed by atoms with Crippen molar-refractivity contribution in [2.75, 3.05) is 19.0 Å². The number of rotatable bonds is 5. The highest BCUT2D eigenvalue weighted by Crippen LogP contribution is 2.34. The Bertz CT molecular complexity index is 1140. The third-order valence-corrected chi connectivity index (χ3v) is 5.41. The van der Waals surface area contributed by atoms with E-state index in [1.165, 1.54) is 0 Å². The van der Waals surface area contributed by atoms with Crippen LogP contribution >= 0.6 is 11.3 Å². The van der Waals surface area contributed by atoms with Crippen molar-refractivity contribution in [3.63, 3.8) is 0 Å². The van der Waals surface area contributed by atoms with E-state index in [2.05, 4.69) is 20.2 Å². The van der Waals surface area contributed by atoms with Crippen molar-refractivity contribution in [3.05, 3.63) is 47.0 Å². The van der Waals surface area contributed by atoms with Crippen LogP contribution in [0.1, 0.15) is 13.3 Å². The number of aromatic amines is 1. The molecule has 0 aromatic carbocycles. The Morgan fingerprint density at radius 3 is 2.70 bits per heavy atom. The van der Waals surface area contributed by atoms with Crippen LogP contribution in [0.25, 0.3) is 32.2 Å². The van der Waals surface area contributed by atoms with Crippen LogP contribution in [0.3, 0.4) is 0 Å². The van der Waals surface area contributed by atoms with E-state index in [0.29, 0.717) is 12.2 Å². The van der Waals surface area contributed by atoms with Gasteiger partial charge in [-0.25, -0.2) is 9.97 Å². The number of aromatic nitrogens is 5. The Morgan fingerprint density at radius 2 is 2.00 bits per heavy atom. The van der Waals surface area contributed by atoms with Crippen LogP contribution in [0.5, 0.6) is 0 Å². The van der Waals surface area contributed by atoms with Crippen LogP contribution in [0.4, 0.5) is 5.82 Å². The highest BCUT2D eigenvalue weighted by molar-refractivity contribution is 7.18. The number of anilines is 1. The molecule has 0 atom stereocenters. The minimum Gasteiger partial charge on any atom is -0.363 e. The summed E-state index contributed by atoms with van der Waals surface area (Å²) in [7, 11) is 3.93. The lowest BCUT2D eigenvalue weighted by Crippen LogP contribution is -2.19. The molecule has 0 aliphatic rings. The summed E-state index contributed by atoms with van der Waals surface area (Å²) in [6, 6.07) is 7.43. The zero-order valence-electron chi connectivity index (χ0n) is 15.4. The minimum absolute atomic E-state index is 0.0283. The number of pyridine rings is 2. The van der Waals surface area contributed by atoms with E-state index in [9.17, 15) is 4.79 Å². The summed E-state index contributed by atoms with van der Waals surface area (Å²) >= 11 is 1.57. The molecule has 0 spiro atoms. The maximum atomic E-state index is 12.1. The quantitative estimate of drug-likeness (QED) is 0.574. The predicted molar refractivity (Wildman–Crippen MR) is 109 cm³/mol. The zero-order valence-corrected chi connectivity index (χ0v) is 16.2. The SMILES string of the molecule is CCCn1c(=O)ccc2c(-c3cnc(-c4ccc(N(C)C)nc4)s3)[nH]nc21. The summed E-state index contributed by atoms with van der Waals surface area (Å²) < 4.78 is 1.71. The number of fused-ring (bicyclic) bond motifs is 1. The summed E-state index contributed by atoms with van der Waals surface area (Å²) in [5.41, 5.74) is 2.52. The molecule has 0 amide bonds. The lowest BCUT2D eigenvalue weighted by atomic mass is 10.2. The van der Waals surface area contributed by atoms with E-state index in [4.69, 9.17) is 0 Å². The van der Waals surface area contributed by atoms with E-state index in [0.717, 1.165) is 38.8 Å². The lowest BCUT2D eigenvalue weighted by Gasteiger charge is -2.10. The number of aryl methyl sites for hydroxylation is 1. The second kappa shape index (κ2) is 6.96. The third kappa shape index (κ3) is 3.12. The van der Waals surface area contributed by atoms with Crippen molar-refractivity contribution >= 4 is 28.2 Å². The average molecular weight is 380 g/mol. The highest BCUT2D eigenvalue weighted by atomic mass is 32.1. The summed E-state index contributed by atoms with van der Waals surface area (Å²) in [5, 5.41) is 9.30. The largest absolute Gasteiger partial charge is 0.363 e. The molecule has 8 heteroatoms. The molecular weight excluding hydrogens is 360 g/mol. The van der Waals surface area contributed by atoms with Crippen LogP contribution in [0.15, 0.2) is 41.5 Å². The van der Waals surface area contributed by atoms with Gasteiger partial charge in [-0.15, -0.1) is 11.3 Å². The molecule has 4 heterocycles. The molecule has 4 aromatic heterocycles. The molecule has 0 bridgehead atoms. The topological polar surface area (TPSA) is 79.7 Å². The maximum Gasteiger partial charge on any atom is 0.252 e. The van der Waals surface area contributed by atoms with Crippen LogP contribution in [0, 0.1) is 0 Å². The highest BCUT2D eigenvalue weighted by Gasteiger charge is 2.15. The van der Waals surface area contributed by atoms with Gasteiger partial charge in [-0.1, -0.05) is 6.92 Å². The molecule has 0 radical (unpaired) electrons. The summed E-state index contributed by atoms with van der Waals surface area (Å²) in [5.74, 6) is 0.906. The fraction of sp³-hybridized carbons (Fsp3) is 0.263. The van der Waals surface area contributed by atoms with Gasteiger partial charge in [0.1, 0.15) is 10.8 Å². The fourth-order valence-electron chi connectivity index (χ4n) is 2.98. The molecule has 1 N–H and O–H groups in total. The maximum absolute atomic E-state index is 12.1. The zero-order chi connectivity index (χ0) is 19.0. The van der Waals surface area contributed by atoms with Gasteiger partial charge in [0.2, 0.25) is 0 Å². The fourth-order valence-corrected chi connectivity index (χ4v) is 3.90. The summed E-state index contributed by atoms with van der Waals surface area (Å²) in [4.78, 5) is 24.1. The second-order valence-corrected chi connectivity index (χ2v) is 7.52. The molecule has 0 saturated carbocycles. The van der Waals surface area contributed by atoms with Gasteiger partial charge in [-0.3, -0.25) is 14.5 Å². The molecule has 4 aromatic rings. The molecule has 0 unspecified atom stereocenters. The average Bonchev–Trinajstić information content (AvgIpc) is 3.31. The van der Waals surface area contributed by atoms with Crippen molar-refractivity contribution in [2.24, 2.45) is 0 Å². The molecule has 0 fully saturated rings. The third-order valence-electron chi connectivity index (χ3n) is 4.35. The van der Waals surface area contributed by atoms with E-state index in [-0.39, 0.29) is 5.56 Å². The number of nitrogens with zero attached hydrogens (tertiary/aromatic N) is 5. The van der Waals surface area contributed by atoms with Gasteiger partial charge in [-0.2, -0.15) is 5.10 Å². The first kappa shape index (κ1) is 17.4. The molecule has 0 aliphatic heterocycles. The van der Waals surface area contributed by atoms with Crippen molar-refractivity contribution in [2.45, 2.75) is 19.9 Å². The van der Waals surface area contributed by atoms with E-state index in [1.807, 2.05) is 56.5 Å². The van der Waals surface area contributed by atoms with Crippen molar-refractivity contribution in [1.29, 1.82) is 0 Å². The Labute approximate surface area is 160 Å². The van der Waals surface area contributed by atoms with Gasteiger partial charge in [0, 0.05) is 50.0 Å². The van der Waals surface area contributed by atoms with Gasteiger partial charge >= 0.3 is 0 Å². The van der Waals surface area contributed by atoms with Crippen LogP contribution < -0.4 is 10.5 Å². The Morgan fingerprint density at radius 1 is 1.15 bits per heavy atom.